The largest absolute Gasteiger partial charge is 0.465 e. The summed E-state index contributed by atoms with van der Waals surface area (Å²) in [4.78, 5) is 0. The Bertz CT molecular complexity index is 361. The Kier molecular flexibility index (Phi) is 3.89. The van der Waals surface area contributed by atoms with Gasteiger partial charge in [0.15, 0.2) is 0 Å². The van der Waals surface area contributed by atoms with E-state index in [0.717, 1.165) is 30.8 Å². The third-order valence-electron chi connectivity index (χ3n) is 3.62. The molecule has 2 rings (SSSR count). The van der Waals surface area contributed by atoms with E-state index < -0.39 is 5.60 Å². The minimum absolute atomic E-state index is 0.515. The third kappa shape index (κ3) is 3.58. The maximum Gasteiger partial charge on any atom is 0.117 e. The molecule has 1 aliphatic rings. The Morgan fingerprint density at radius 2 is 2.35 bits per heavy atom. The predicted molar refractivity (Wildman–Crippen MR) is 67.7 cm³/mol. The van der Waals surface area contributed by atoms with E-state index in [1.807, 2.05) is 19.1 Å². The van der Waals surface area contributed by atoms with Crippen molar-refractivity contribution >= 4 is 0 Å². The summed E-state index contributed by atoms with van der Waals surface area (Å²) in [5.41, 5.74) is -0.515. The fraction of sp³-hybridized carbons (Fsp3) is 0.714. The zero-order valence-corrected chi connectivity index (χ0v) is 10.8. The number of hydrogen-bond acceptors (Lipinski definition) is 3. The second-order valence-corrected chi connectivity index (χ2v) is 5.54. The van der Waals surface area contributed by atoms with Crippen LogP contribution in [-0.4, -0.2) is 17.3 Å². The Morgan fingerprint density at radius 1 is 1.53 bits per heavy atom. The van der Waals surface area contributed by atoms with Gasteiger partial charge in [-0.3, -0.25) is 0 Å². The highest BCUT2D eigenvalue weighted by Gasteiger charge is 2.31. The van der Waals surface area contributed by atoms with Gasteiger partial charge in [-0.15, -0.1) is 0 Å². The summed E-state index contributed by atoms with van der Waals surface area (Å²) >= 11 is 0. The van der Waals surface area contributed by atoms with Crippen LogP contribution in [0.4, 0.5) is 0 Å². The van der Waals surface area contributed by atoms with Gasteiger partial charge in [-0.2, -0.15) is 0 Å². The van der Waals surface area contributed by atoms with Crippen molar-refractivity contribution in [2.24, 2.45) is 5.92 Å². The van der Waals surface area contributed by atoms with Crippen LogP contribution in [0, 0.1) is 12.8 Å². The normalized spacial score (nSPS) is 29.5. The lowest BCUT2D eigenvalue weighted by Gasteiger charge is -2.35. The Balaban J connectivity index is 1.77. The van der Waals surface area contributed by atoms with Crippen LogP contribution < -0.4 is 5.32 Å². The second kappa shape index (κ2) is 5.23. The van der Waals surface area contributed by atoms with Crippen molar-refractivity contribution in [3.8, 4) is 0 Å². The third-order valence-corrected chi connectivity index (χ3v) is 3.62. The zero-order valence-electron chi connectivity index (χ0n) is 10.8. The molecule has 1 aliphatic carbocycles. The van der Waals surface area contributed by atoms with E-state index in [-0.39, 0.29) is 0 Å². The number of rotatable bonds is 4. The van der Waals surface area contributed by atoms with Crippen molar-refractivity contribution in [3.63, 3.8) is 0 Å². The SMILES string of the molecule is Cc1ccc(CNCC2(O)CCCC(C)C2)o1. The minimum atomic E-state index is -0.515. The molecule has 1 heterocycles. The quantitative estimate of drug-likeness (QED) is 0.846. The first kappa shape index (κ1) is 12.7. The molecule has 0 aliphatic heterocycles. The summed E-state index contributed by atoms with van der Waals surface area (Å²) in [6, 6.07) is 3.95. The first-order valence-corrected chi connectivity index (χ1v) is 6.56. The van der Waals surface area contributed by atoms with Gasteiger partial charge in [-0.1, -0.05) is 19.8 Å². The predicted octanol–water partition coefficient (Wildman–Crippen LogP) is 2.62. The molecular formula is C14H23NO2. The van der Waals surface area contributed by atoms with E-state index in [4.69, 9.17) is 4.42 Å². The summed E-state index contributed by atoms with van der Waals surface area (Å²) in [6.07, 6.45) is 4.22. The number of nitrogens with one attached hydrogen (secondary N) is 1. The van der Waals surface area contributed by atoms with Crippen LogP contribution >= 0.6 is 0 Å². The monoisotopic (exact) mass is 237 g/mol. The zero-order chi connectivity index (χ0) is 12.3. The average molecular weight is 237 g/mol. The van der Waals surface area contributed by atoms with Crippen LogP contribution in [-0.2, 0) is 6.54 Å². The molecular weight excluding hydrogens is 214 g/mol. The van der Waals surface area contributed by atoms with Gasteiger partial charge in [0.25, 0.3) is 0 Å². The number of hydrogen-bond donors (Lipinski definition) is 2. The summed E-state index contributed by atoms with van der Waals surface area (Å²) in [5.74, 6) is 2.52. The minimum Gasteiger partial charge on any atom is -0.465 e. The van der Waals surface area contributed by atoms with Gasteiger partial charge in [-0.05, 0) is 37.8 Å². The lowest BCUT2D eigenvalue weighted by molar-refractivity contribution is -0.0121. The van der Waals surface area contributed by atoms with Crippen molar-refractivity contribution in [1.82, 2.24) is 5.32 Å². The second-order valence-electron chi connectivity index (χ2n) is 5.54. The molecule has 0 radical (unpaired) electrons. The van der Waals surface area contributed by atoms with E-state index in [1.165, 1.54) is 6.42 Å². The van der Waals surface area contributed by atoms with E-state index in [2.05, 4.69) is 12.2 Å². The smallest absolute Gasteiger partial charge is 0.117 e. The lowest BCUT2D eigenvalue weighted by Crippen LogP contribution is -2.43. The lowest BCUT2D eigenvalue weighted by atomic mass is 9.79. The maximum absolute atomic E-state index is 10.4. The van der Waals surface area contributed by atoms with Crippen molar-refractivity contribution in [1.29, 1.82) is 0 Å². The molecule has 0 amide bonds. The standard InChI is InChI=1S/C14H23NO2/c1-11-4-3-7-14(16,8-11)10-15-9-13-6-5-12(2)17-13/h5-6,11,15-16H,3-4,7-10H2,1-2H3. The molecule has 1 aromatic heterocycles. The number of furan rings is 1. The van der Waals surface area contributed by atoms with Crippen LogP contribution in [0.5, 0.6) is 0 Å². The highest BCUT2D eigenvalue weighted by Crippen LogP contribution is 2.31. The van der Waals surface area contributed by atoms with E-state index in [0.29, 0.717) is 19.0 Å². The average Bonchev–Trinajstić information content (AvgIpc) is 2.63. The molecule has 2 N–H and O–H groups in total. The highest BCUT2D eigenvalue weighted by atomic mass is 16.3. The van der Waals surface area contributed by atoms with E-state index in [1.54, 1.807) is 0 Å². The fourth-order valence-corrected chi connectivity index (χ4v) is 2.79. The van der Waals surface area contributed by atoms with Crippen LogP contribution in [0.2, 0.25) is 0 Å². The first-order valence-electron chi connectivity index (χ1n) is 6.56. The van der Waals surface area contributed by atoms with Gasteiger partial charge >= 0.3 is 0 Å². The molecule has 3 heteroatoms. The van der Waals surface area contributed by atoms with Gasteiger partial charge in [0.2, 0.25) is 0 Å². The fourth-order valence-electron chi connectivity index (χ4n) is 2.79. The Morgan fingerprint density at radius 3 is 3.00 bits per heavy atom. The molecule has 3 nitrogen and oxygen atoms in total. The molecule has 0 saturated heterocycles. The number of aryl methyl sites for hydroxylation is 1. The molecule has 2 atom stereocenters. The Labute approximate surface area is 103 Å². The molecule has 0 spiro atoms. The van der Waals surface area contributed by atoms with E-state index >= 15 is 0 Å². The van der Waals surface area contributed by atoms with Crippen LogP contribution in [0.15, 0.2) is 16.5 Å². The van der Waals surface area contributed by atoms with E-state index in [9.17, 15) is 5.11 Å². The summed E-state index contributed by atoms with van der Waals surface area (Å²) < 4.78 is 5.48. The molecule has 1 aromatic rings. The van der Waals surface area contributed by atoms with Gasteiger partial charge in [0.1, 0.15) is 11.5 Å². The van der Waals surface area contributed by atoms with Gasteiger partial charge in [0.05, 0.1) is 12.1 Å². The van der Waals surface area contributed by atoms with Gasteiger partial charge in [-0.25, -0.2) is 0 Å². The van der Waals surface area contributed by atoms with Crippen molar-refractivity contribution in [2.75, 3.05) is 6.54 Å². The molecule has 96 valence electrons. The molecule has 17 heavy (non-hydrogen) atoms. The Hall–Kier alpha value is -0.800. The molecule has 1 fully saturated rings. The van der Waals surface area contributed by atoms with Crippen molar-refractivity contribution in [3.05, 3.63) is 23.7 Å². The molecule has 2 unspecified atom stereocenters. The topological polar surface area (TPSA) is 45.4 Å². The van der Waals surface area contributed by atoms with Crippen LogP contribution in [0.1, 0.15) is 44.1 Å². The number of aliphatic hydroxyl groups is 1. The van der Waals surface area contributed by atoms with Crippen LogP contribution in [0.3, 0.4) is 0 Å². The van der Waals surface area contributed by atoms with Gasteiger partial charge in [0, 0.05) is 6.54 Å². The highest BCUT2D eigenvalue weighted by molar-refractivity contribution is 5.05. The van der Waals surface area contributed by atoms with Crippen molar-refractivity contribution < 1.29 is 9.52 Å². The molecule has 0 bridgehead atoms. The summed E-state index contributed by atoms with van der Waals surface area (Å²) in [7, 11) is 0. The maximum atomic E-state index is 10.4. The van der Waals surface area contributed by atoms with Gasteiger partial charge < -0.3 is 14.8 Å². The summed E-state index contributed by atoms with van der Waals surface area (Å²) in [6.45, 7) is 5.53. The molecule has 0 aromatic carbocycles. The van der Waals surface area contributed by atoms with Crippen LogP contribution in [0.25, 0.3) is 0 Å². The van der Waals surface area contributed by atoms with Crippen molar-refractivity contribution in [2.45, 2.75) is 51.7 Å². The first-order chi connectivity index (χ1) is 8.07. The summed E-state index contributed by atoms with van der Waals surface area (Å²) in [5, 5.41) is 13.7. The molecule has 1 saturated carbocycles.